The normalized spacial score (nSPS) is 32.2. The lowest BCUT2D eigenvalue weighted by molar-refractivity contribution is -0.188. The van der Waals surface area contributed by atoms with E-state index in [1.165, 1.54) is 0 Å². The highest BCUT2D eigenvalue weighted by molar-refractivity contribution is 6.18. The van der Waals surface area contributed by atoms with E-state index in [2.05, 4.69) is 0 Å². The van der Waals surface area contributed by atoms with Crippen LogP contribution in [0.15, 0.2) is 0 Å². The average Bonchev–Trinajstić information content (AvgIpc) is 2.45. The highest BCUT2D eigenvalue weighted by atomic mass is 35.5. The van der Waals surface area contributed by atoms with E-state index < -0.39 is 18.0 Å². The van der Waals surface area contributed by atoms with Crippen molar-refractivity contribution in [3.05, 3.63) is 0 Å². The highest BCUT2D eigenvalue weighted by Gasteiger charge is 2.44. The second kappa shape index (κ2) is 6.52. The molecule has 20 heavy (non-hydrogen) atoms. The van der Waals surface area contributed by atoms with Crippen molar-refractivity contribution in [2.45, 2.75) is 37.9 Å². The predicted octanol–water partition coefficient (Wildman–Crippen LogP) is 2.82. The summed E-state index contributed by atoms with van der Waals surface area (Å²) in [5.74, 6) is -1.81. The molecule has 1 saturated heterocycles. The van der Waals surface area contributed by atoms with Gasteiger partial charge in [-0.25, -0.2) is 0 Å². The molecule has 3 nitrogen and oxygen atoms in total. The Balaban J connectivity index is 2.00. The molecule has 0 radical (unpaired) electrons. The van der Waals surface area contributed by atoms with Crippen molar-refractivity contribution in [1.82, 2.24) is 4.90 Å². The third-order valence-electron chi connectivity index (χ3n) is 4.18. The van der Waals surface area contributed by atoms with Crippen LogP contribution < -0.4 is 0 Å². The van der Waals surface area contributed by atoms with Crippen molar-refractivity contribution >= 4 is 17.5 Å². The van der Waals surface area contributed by atoms with Gasteiger partial charge >= 0.3 is 6.18 Å². The predicted molar refractivity (Wildman–Crippen MR) is 68.5 cm³/mol. The zero-order valence-corrected chi connectivity index (χ0v) is 11.9. The summed E-state index contributed by atoms with van der Waals surface area (Å²) in [6.07, 6.45) is -3.16. The lowest BCUT2D eigenvalue weighted by Gasteiger charge is -2.39. The molecule has 2 rings (SSSR count). The molecule has 0 bridgehead atoms. The second-order valence-corrected chi connectivity index (χ2v) is 5.83. The van der Waals surface area contributed by atoms with Crippen molar-refractivity contribution in [3.8, 4) is 0 Å². The van der Waals surface area contributed by atoms with Gasteiger partial charge < -0.3 is 9.64 Å². The number of ether oxygens (including phenoxy) is 1. The maximum atomic E-state index is 12.8. The van der Waals surface area contributed by atoms with E-state index in [1.807, 2.05) is 0 Å². The van der Waals surface area contributed by atoms with Crippen LogP contribution in [0.5, 0.6) is 0 Å². The van der Waals surface area contributed by atoms with E-state index in [-0.39, 0.29) is 30.7 Å². The SMILES string of the molecule is O=C(C1CCCC(C(F)(F)F)C1)N1CCOCC1CCl. The summed E-state index contributed by atoms with van der Waals surface area (Å²) in [5.41, 5.74) is 0. The minimum atomic E-state index is -4.20. The van der Waals surface area contributed by atoms with Crippen LogP contribution in [-0.2, 0) is 9.53 Å². The Morgan fingerprint density at radius 3 is 2.75 bits per heavy atom. The van der Waals surface area contributed by atoms with Crippen molar-refractivity contribution in [3.63, 3.8) is 0 Å². The number of morpholine rings is 1. The number of amides is 1. The summed E-state index contributed by atoms with van der Waals surface area (Å²) in [5, 5.41) is 0. The van der Waals surface area contributed by atoms with Gasteiger partial charge in [0.1, 0.15) is 0 Å². The Labute approximate surface area is 121 Å². The number of alkyl halides is 4. The maximum Gasteiger partial charge on any atom is 0.391 e. The molecule has 2 fully saturated rings. The van der Waals surface area contributed by atoms with Crippen LogP contribution in [0.2, 0.25) is 0 Å². The van der Waals surface area contributed by atoms with Gasteiger partial charge in [0.05, 0.1) is 25.2 Å². The molecule has 3 unspecified atom stereocenters. The van der Waals surface area contributed by atoms with Crippen LogP contribution in [0, 0.1) is 11.8 Å². The van der Waals surface area contributed by atoms with Crippen molar-refractivity contribution in [2.75, 3.05) is 25.6 Å². The molecule has 0 aromatic rings. The van der Waals surface area contributed by atoms with Crippen LogP contribution in [0.4, 0.5) is 13.2 Å². The number of halogens is 4. The third-order valence-corrected chi connectivity index (χ3v) is 4.53. The van der Waals surface area contributed by atoms with Crippen LogP contribution in [0.25, 0.3) is 0 Å². The van der Waals surface area contributed by atoms with Gasteiger partial charge in [0.2, 0.25) is 5.91 Å². The zero-order valence-electron chi connectivity index (χ0n) is 11.2. The molecular weight excluding hydrogens is 295 g/mol. The van der Waals surface area contributed by atoms with Gasteiger partial charge in [0.25, 0.3) is 0 Å². The van der Waals surface area contributed by atoms with Crippen molar-refractivity contribution in [2.24, 2.45) is 11.8 Å². The Morgan fingerprint density at radius 1 is 1.35 bits per heavy atom. The largest absolute Gasteiger partial charge is 0.391 e. The highest BCUT2D eigenvalue weighted by Crippen LogP contribution is 2.40. The van der Waals surface area contributed by atoms with Crippen LogP contribution in [0.3, 0.4) is 0 Å². The molecule has 1 aliphatic heterocycles. The Hall–Kier alpha value is -0.490. The first-order valence-corrected chi connectivity index (χ1v) is 7.48. The minimum Gasteiger partial charge on any atom is -0.377 e. The first kappa shape index (κ1) is 15.9. The van der Waals surface area contributed by atoms with E-state index in [0.717, 1.165) is 0 Å². The van der Waals surface area contributed by atoms with E-state index in [9.17, 15) is 18.0 Å². The molecule has 2 aliphatic rings. The summed E-state index contributed by atoms with van der Waals surface area (Å²) in [6, 6.07) is -0.218. The lowest BCUT2D eigenvalue weighted by atomic mass is 9.80. The van der Waals surface area contributed by atoms with E-state index in [1.54, 1.807) is 4.90 Å². The molecule has 0 aromatic heterocycles. The molecule has 3 atom stereocenters. The monoisotopic (exact) mass is 313 g/mol. The number of nitrogens with zero attached hydrogens (tertiary/aromatic N) is 1. The van der Waals surface area contributed by atoms with E-state index in [0.29, 0.717) is 32.6 Å². The quantitative estimate of drug-likeness (QED) is 0.734. The fourth-order valence-corrected chi connectivity index (χ4v) is 3.27. The number of carbonyl (C=O) groups excluding carboxylic acids is 1. The van der Waals surface area contributed by atoms with Gasteiger partial charge in [-0.15, -0.1) is 11.6 Å². The van der Waals surface area contributed by atoms with E-state index in [4.69, 9.17) is 16.3 Å². The molecule has 1 heterocycles. The van der Waals surface area contributed by atoms with Gasteiger partial charge in [-0.3, -0.25) is 4.79 Å². The smallest absolute Gasteiger partial charge is 0.377 e. The summed E-state index contributed by atoms with van der Waals surface area (Å²) < 4.78 is 43.6. The Kier molecular flexibility index (Phi) is 5.18. The molecule has 7 heteroatoms. The van der Waals surface area contributed by atoms with E-state index >= 15 is 0 Å². The molecule has 0 spiro atoms. The molecule has 1 saturated carbocycles. The average molecular weight is 314 g/mol. The lowest BCUT2D eigenvalue weighted by Crippen LogP contribution is -2.52. The fraction of sp³-hybridized carbons (Fsp3) is 0.923. The topological polar surface area (TPSA) is 29.5 Å². The van der Waals surface area contributed by atoms with Gasteiger partial charge in [0, 0.05) is 18.3 Å². The molecular formula is C13H19ClF3NO2. The number of carbonyl (C=O) groups is 1. The van der Waals surface area contributed by atoms with Crippen molar-refractivity contribution in [1.29, 1.82) is 0 Å². The summed E-state index contributed by atoms with van der Waals surface area (Å²) in [7, 11) is 0. The van der Waals surface area contributed by atoms with Crippen LogP contribution in [0.1, 0.15) is 25.7 Å². The summed E-state index contributed by atoms with van der Waals surface area (Å²) in [6.45, 7) is 1.21. The third kappa shape index (κ3) is 3.58. The Morgan fingerprint density at radius 2 is 2.10 bits per heavy atom. The van der Waals surface area contributed by atoms with Crippen molar-refractivity contribution < 1.29 is 22.7 Å². The zero-order chi connectivity index (χ0) is 14.8. The minimum absolute atomic E-state index is 0.0886. The molecule has 1 aliphatic carbocycles. The van der Waals surface area contributed by atoms with Gasteiger partial charge in [0.15, 0.2) is 0 Å². The first-order valence-electron chi connectivity index (χ1n) is 6.94. The van der Waals surface area contributed by atoms with Crippen LogP contribution in [-0.4, -0.2) is 48.7 Å². The van der Waals surface area contributed by atoms with Gasteiger partial charge in [-0.1, -0.05) is 6.42 Å². The van der Waals surface area contributed by atoms with Gasteiger partial charge in [-0.2, -0.15) is 13.2 Å². The van der Waals surface area contributed by atoms with Crippen LogP contribution >= 0.6 is 11.6 Å². The standard InChI is InChI=1S/C13H19ClF3NO2/c14-7-11-8-20-5-4-18(11)12(19)9-2-1-3-10(6-9)13(15,16)17/h9-11H,1-8H2. The number of hydrogen-bond acceptors (Lipinski definition) is 2. The first-order chi connectivity index (χ1) is 9.43. The maximum absolute atomic E-state index is 12.8. The summed E-state index contributed by atoms with van der Waals surface area (Å²) in [4.78, 5) is 14.1. The second-order valence-electron chi connectivity index (χ2n) is 5.52. The fourth-order valence-electron chi connectivity index (χ4n) is 3.02. The molecule has 116 valence electrons. The number of rotatable bonds is 2. The van der Waals surface area contributed by atoms with Gasteiger partial charge in [-0.05, 0) is 19.3 Å². The molecule has 1 amide bonds. The summed E-state index contributed by atoms with van der Waals surface area (Å²) >= 11 is 5.81. The number of hydrogen-bond donors (Lipinski definition) is 0. The molecule has 0 aromatic carbocycles. The Bertz CT molecular complexity index is 351. The molecule has 0 N–H and O–H groups in total.